The molecule has 1 aromatic carbocycles. The number of hydrogen-bond acceptors (Lipinski definition) is 5. The van der Waals surface area contributed by atoms with Crippen LogP contribution in [0, 0.1) is 0 Å². The summed E-state index contributed by atoms with van der Waals surface area (Å²) in [6, 6.07) is 13.4. The highest BCUT2D eigenvalue weighted by atomic mass is 16.1. The Bertz CT molecular complexity index is 851. The average molecular weight is 333 g/mol. The standard InChI is InChI=1S/C19H19N5O/c1-2-15-5-3-4-6-16(15)24-18-11-17(22-13-23-18)19(25)21-12-14-7-9-20-10-8-14/h3-11,13H,2,12H2,1H3,(H,21,25)(H,22,23,24). The van der Waals surface area contributed by atoms with Crippen LogP contribution in [0.2, 0.25) is 0 Å². The number of anilines is 2. The van der Waals surface area contributed by atoms with Crippen LogP contribution < -0.4 is 10.6 Å². The maximum Gasteiger partial charge on any atom is 0.270 e. The van der Waals surface area contributed by atoms with Crippen molar-refractivity contribution in [3.63, 3.8) is 0 Å². The Kier molecular flexibility index (Phi) is 5.31. The zero-order valence-corrected chi connectivity index (χ0v) is 13.9. The number of nitrogens with one attached hydrogen (secondary N) is 2. The second-order valence-electron chi connectivity index (χ2n) is 5.46. The fourth-order valence-electron chi connectivity index (χ4n) is 2.41. The molecule has 0 aliphatic heterocycles. The maximum absolute atomic E-state index is 12.3. The molecule has 2 aromatic heterocycles. The molecule has 6 heteroatoms. The van der Waals surface area contributed by atoms with Gasteiger partial charge < -0.3 is 10.6 Å². The van der Waals surface area contributed by atoms with E-state index < -0.39 is 0 Å². The van der Waals surface area contributed by atoms with E-state index in [4.69, 9.17) is 0 Å². The topological polar surface area (TPSA) is 79.8 Å². The van der Waals surface area contributed by atoms with Crippen LogP contribution in [-0.4, -0.2) is 20.9 Å². The minimum Gasteiger partial charge on any atom is -0.347 e. The van der Waals surface area contributed by atoms with Gasteiger partial charge in [-0.05, 0) is 35.7 Å². The van der Waals surface area contributed by atoms with Gasteiger partial charge in [0.15, 0.2) is 0 Å². The van der Waals surface area contributed by atoms with Crippen LogP contribution in [0.3, 0.4) is 0 Å². The van der Waals surface area contributed by atoms with E-state index in [1.54, 1.807) is 18.5 Å². The molecule has 2 heterocycles. The highest BCUT2D eigenvalue weighted by Gasteiger charge is 2.09. The first-order chi connectivity index (χ1) is 12.3. The SMILES string of the molecule is CCc1ccccc1Nc1cc(C(=O)NCc2ccncc2)ncn1. The van der Waals surface area contributed by atoms with Crippen molar-refractivity contribution in [2.45, 2.75) is 19.9 Å². The number of carbonyl (C=O) groups is 1. The lowest BCUT2D eigenvalue weighted by molar-refractivity contribution is 0.0946. The third kappa shape index (κ3) is 4.38. The number of pyridine rings is 1. The van der Waals surface area contributed by atoms with Crippen LogP contribution in [0.4, 0.5) is 11.5 Å². The number of nitrogens with zero attached hydrogens (tertiary/aromatic N) is 3. The fourth-order valence-corrected chi connectivity index (χ4v) is 2.41. The number of rotatable bonds is 6. The lowest BCUT2D eigenvalue weighted by Crippen LogP contribution is -2.24. The van der Waals surface area contributed by atoms with E-state index in [1.807, 2.05) is 30.3 Å². The van der Waals surface area contributed by atoms with Gasteiger partial charge in [-0.25, -0.2) is 9.97 Å². The molecule has 1 amide bonds. The van der Waals surface area contributed by atoms with E-state index in [0.717, 1.165) is 17.7 Å². The molecule has 0 radical (unpaired) electrons. The van der Waals surface area contributed by atoms with Crippen molar-refractivity contribution in [3.05, 3.63) is 78.0 Å². The first kappa shape index (κ1) is 16.6. The van der Waals surface area contributed by atoms with Gasteiger partial charge in [0.25, 0.3) is 5.91 Å². The first-order valence-corrected chi connectivity index (χ1v) is 8.10. The van der Waals surface area contributed by atoms with Crippen molar-refractivity contribution in [1.82, 2.24) is 20.3 Å². The predicted octanol–water partition coefficient (Wildman–Crippen LogP) is 3.11. The summed E-state index contributed by atoms with van der Waals surface area (Å²) >= 11 is 0. The third-order valence-electron chi connectivity index (χ3n) is 3.76. The molecule has 0 spiro atoms. The average Bonchev–Trinajstić information content (AvgIpc) is 2.67. The molecular formula is C19H19N5O. The van der Waals surface area contributed by atoms with Gasteiger partial charge in [-0.1, -0.05) is 25.1 Å². The number of benzene rings is 1. The summed E-state index contributed by atoms with van der Waals surface area (Å²) in [6.07, 6.45) is 5.69. The van der Waals surface area contributed by atoms with E-state index in [9.17, 15) is 4.79 Å². The number of para-hydroxylation sites is 1. The molecule has 6 nitrogen and oxygen atoms in total. The normalized spacial score (nSPS) is 10.3. The Morgan fingerprint density at radius 1 is 1.08 bits per heavy atom. The van der Waals surface area contributed by atoms with E-state index in [-0.39, 0.29) is 5.91 Å². The van der Waals surface area contributed by atoms with Crippen molar-refractivity contribution in [2.24, 2.45) is 0 Å². The van der Waals surface area contributed by atoms with Gasteiger partial charge >= 0.3 is 0 Å². The number of aromatic nitrogens is 3. The summed E-state index contributed by atoms with van der Waals surface area (Å²) in [7, 11) is 0. The summed E-state index contributed by atoms with van der Waals surface area (Å²) in [6.45, 7) is 2.52. The van der Waals surface area contributed by atoms with Crippen LogP contribution in [-0.2, 0) is 13.0 Å². The lowest BCUT2D eigenvalue weighted by Gasteiger charge is -2.11. The molecule has 0 unspecified atom stereocenters. The smallest absolute Gasteiger partial charge is 0.270 e. The van der Waals surface area contributed by atoms with Crippen molar-refractivity contribution in [3.8, 4) is 0 Å². The minimum atomic E-state index is -0.244. The van der Waals surface area contributed by atoms with Crippen molar-refractivity contribution in [1.29, 1.82) is 0 Å². The molecule has 3 aromatic rings. The molecule has 126 valence electrons. The summed E-state index contributed by atoms with van der Waals surface area (Å²) in [5, 5.41) is 6.10. The molecule has 0 fully saturated rings. The molecule has 0 saturated carbocycles. The first-order valence-electron chi connectivity index (χ1n) is 8.10. The molecule has 2 N–H and O–H groups in total. The summed E-state index contributed by atoms with van der Waals surface area (Å²) in [4.78, 5) is 24.5. The predicted molar refractivity (Wildman–Crippen MR) is 96.5 cm³/mol. The molecule has 0 atom stereocenters. The van der Waals surface area contributed by atoms with E-state index in [2.05, 4.69) is 38.6 Å². The zero-order valence-electron chi connectivity index (χ0n) is 13.9. The Morgan fingerprint density at radius 2 is 1.88 bits per heavy atom. The van der Waals surface area contributed by atoms with E-state index >= 15 is 0 Å². The molecule has 3 rings (SSSR count). The number of carbonyl (C=O) groups excluding carboxylic acids is 1. The minimum absolute atomic E-state index is 0.244. The second kappa shape index (κ2) is 8.01. The largest absolute Gasteiger partial charge is 0.347 e. The summed E-state index contributed by atoms with van der Waals surface area (Å²) in [5.41, 5.74) is 3.46. The van der Waals surface area contributed by atoms with Gasteiger partial charge in [0.2, 0.25) is 0 Å². The van der Waals surface area contributed by atoms with Gasteiger partial charge in [0.1, 0.15) is 17.8 Å². The Balaban J connectivity index is 1.69. The van der Waals surface area contributed by atoms with Crippen molar-refractivity contribution >= 4 is 17.4 Å². The Labute approximate surface area is 146 Å². The highest BCUT2D eigenvalue weighted by molar-refractivity contribution is 5.92. The summed E-state index contributed by atoms with van der Waals surface area (Å²) in [5.74, 6) is 0.344. The van der Waals surface area contributed by atoms with E-state index in [0.29, 0.717) is 18.1 Å². The van der Waals surface area contributed by atoms with Gasteiger partial charge in [-0.3, -0.25) is 9.78 Å². The quantitative estimate of drug-likeness (QED) is 0.724. The number of hydrogen-bond donors (Lipinski definition) is 2. The van der Waals surface area contributed by atoms with Crippen molar-refractivity contribution in [2.75, 3.05) is 5.32 Å². The monoisotopic (exact) mass is 333 g/mol. The van der Waals surface area contributed by atoms with Gasteiger partial charge in [0.05, 0.1) is 0 Å². The van der Waals surface area contributed by atoms with Crippen LogP contribution in [0.15, 0.2) is 61.2 Å². The van der Waals surface area contributed by atoms with Gasteiger partial charge in [-0.2, -0.15) is 0 Å². The van der Waals surface area contributed by atoms with Crippen LogP contribution >= 0.6 is 0 Å². The molecule has 0 aliphatic carbocycles. The van der Waals surface area contributed by atoms with Gasteiger partial charge in [0, 0.05) is 30.7 Å². The number of aryl methyl sites for hydroxylation is 1. The second-order valence-corrected chi connectivity index (χ2v) is 5.46. The van der Waals surface area contributed by atoms with Crippen molar-refractivity contribution < 1.29 is 4.79 Å². The van der Waals surface area contributed by atoms with Crippen LogP contribution in [0.1, 0.15) is 28.5 Å². The lowest BCUT2D eigenvalue weighted by atomic mass is 10.1. The summed E-state index contributed by atoms with van der Waals surface area (Å²) < 4.78 is 0. The third-order valence-corrected chi connectivity index (χ3v) is 3.76. The Hall–Kier alpha value is -3.28. The molecule has 25 heavy (non-hydrogen) atoms. The Morgan fingerprint density at radius 3 is 2.68 bits per heavy atom. The molecular weight excluding hydrogens is 314 g/mol. The molecule has 0 saturated heterocycles. The highest BCUT2D eigenvalue weighted by Crippen LogP contribution is 2.20. The fraction of sp³-hybridized carbons (Fsp3) is 0.158. The molecule has 0 bridgehead atoms. The van der Waals surface area contributed by atoms with Crippen LogP contribution in [0.5, 0.6) is 0 Å². The van der Waals surface area contributed by atoms with Crippen LogP contribution in [0.25, 0.3) is 0 Å². The van der Waals surface area contributed by atoms with E-state index in [1.165, 1.54) is 11.9 Å². The zero-order chi connectivity index (χ0) is 17.5. The number of amides is 1. The maximum atomic E-state index is 12.3. The molecule has 0 aliphatic rings. The van der Waals surface area contributed by atoms with Gasteiger partial charge in [-0.15, -0.1) is 0 Å².